The van der Waals surface area contributed by atoms with Crippen LogP contribution in [-0.2, 0) is 16.0 Å². The lowest BCUT2D eigenvalue weighted by atomic mass is 9.79. The molecule has 0 spiro atoms. The number of carbonyl (C=O) groups excluding carboxylic acids is 1. The lowest BCUT2D eigenvalue weighted by Crippen LogP contribution is -2.46. The highest BCUT2D eigenvalue weighted by molar-refractivity contribution is 7.15. The molecule has 1 saturated heterocycles. The normalized spacial score (nSPS) is 16.1. The number of aromatic nitrogens is 2. The van der Waals surface area contributed by atoms with E-state index >= 15 is 0 Å². The Morgan fingerprint density at radius 3 is 2.60 bits per heavy atom. The molecule has 1 aromatic heterocycles. The average Bonchev–Trinajstić information content (AvgIpc) is 3.04. The number of halogens is 1. The third-order valence-corrected chi connectivity index (χ3v) is 5.32. The van der Waals surface area contributed by atoms with Crippen LogP contribution in [0.1, 0.15) is 29.0 Å². The van der Waals surface area contributed by atoms with Gasteiger partial charge in [-0.1, -0.05) is 41.2 Å². The third-order valence-electron chi connectivity index (χ3n) is 4.49. The van der Waals surface area contributed by atoms with Crippen LogP contribution < -0.4 is 11.1 Å². The number of anilines is 1. The van der Waals surface area contributed by atoms with Gasteiger partial charge in [0, 0.05) is 26.2 Å². The summed E-state index contributed by atoms with van der Waals surface area (Å²) >= 11 is 1.41. The van der Waals surface area contributed by atoms with Gasteiger partial charge in [0.15, 0.2) is 0 Å². The number of aryl methyl sites for hydroxylation is 1. The summed E-state index contributed by atoms with van der Waals surface area (Å²) in [7, 11) is 0. The molecule has 0 bridgehead atoms. The van der Waals surface area contributed by atoms with Gasteiger partial charge in [-0.15, -0.1) is 22.6 Å². The summed E-state index contributed by atoms with van der Waals surface area (Å²) in [6, 6.07) is 8.32. The highest BCUT2D eigenvalue weighted by Gasteiger charge is 2.39. The van der Waals surface area contributed by atoms with Crippen LogP contribution >= 0.6 is 23.7 Å². The topological polar surface area (TPSA) is 90.1 Å². The second-order valence-electron chi connectivity index (χ2n) is 6.21. The van der Waals surface area contributed by atoms with Crippen molar-refractivity contribution in [3.8, 4) is 0 Å². The molecule has 25 heavy (non-hydrogen) atoms. The van der Waals surface area contributed by atoms with Crippen molar-refractivity contribution in [3.63, 3.8) is 0 Å². The minimum absolute atomic E-state index is 0. The van der Waals surface area contributed by atoms with Gasteiger partial charge in [-0.25, -0.2) is 0 Å². The molecule has 2 heterocycles. The van der Waals surface area contributed by atoms with E-state index < -0.39 is 5.41 Å². The second-order valence-corrected chi connectivity index (χ2v) is 7.28. The SMILES string of the molecule is Cc1ccc(Cc2nnc(NC(=O)C3(CN)CCOCC3)s2)cc1.Cl. The number of ether oxygens (including phenoxy) is 1. The van der Waals surface area contributed by atoms with Crippen molar-refractivity contribution in [1.29, 1.82) is 0 Å². The fourth-order valence-electron chi connectivity index (χ4n) is 2.77. The van der Waals surface area contributed by atoms with Crippen LogP contribution in [0.25, 0.3) is 0 Å². The molecule has 3 rings (SSSR count). The van der Waals surface area contributed by atoms with E-state index in [1.807, 2.05) is 0 Å². The molecule has 136 valence electrons. The molecule has 0 saturated carbocycles. The second kappa shape index (κ2) is 8.71. The summed E-state index contributed by atoms with van der Waals surface area (Å²) in [5, 5.41) is 12.6. The number of nitrogens with two attached hydrogens (primary N) is 1. The van der Waals surface area contributed by atoms with Crippen LogP contribution in [-0.4, -0.2) is 35.9 Å². The maximum atomic E-state index is 12.6. The molecule has 0 aliphatic carbocycles. The van der Waals surface area contributed by atoms with Crippen LogP contribution in [0.15, 0.2) is 24.3 Å². The number of hydrogen-bond donors (Lipinski definition) is 2. The molecule has 3 N–H and O–H groups in total. The van der Waals surface area contributed by atoms with Gasteiger partial charge < -0.3 is 10.5 Å². The van der Waals surface area contributed by atoms with Crippen LogP contribution in [0.4, 0.5) is 5.13 Å². The predicted molar refractivity (Wildman–Crippen MR) is 101 cm³/mol. The minimum Gasteiger partial charge on any atom is -0.381 e. The first kappa shape index (κ1) is 19.8. The smallest absolute Gasteiger partial charge is 0.233 e. The van der Waals surface area contributed by atoms with Crippen LogP contribution in [0.5, 0.6) is 0 Å². The molecule has 1 aliphatic rings. The highest BCUT2D eigenvalue weighted by atomic mass is 35.5. The van der Waals surface area contributed by atoms with Crippen LogP contribution in [0.2, 0.25) is 0 Å². The van der Waals surface area contributed by atoms with Gasteiger partial charge in [0.05, 0.1) is 5.41 Å². The van der Waals surface area contributed by atoms with Crippen molar-refractivity contribution >= 4 is 34.8 Å². The Balaban J connectivity index is 0.00000225. The first-order chi connectivity index (χ1) is 11.6. The zero-order chi connectivity index (χ0) is 17.0. The molecule has 1 aromatic carbocycles. The number of carbonyl (C=O) groups is 1. The van der Waals surface area contributed by atoms with E-state index in [2.05, 4.69) is 46.7 Å². The molecule has 0 unspecified atom stereocenters. The Morgan fingerprint density at radius 2 is 1.96 bits per heavy atom. The molecule has 1 aliphatic heterocycles. The van der Waals surface area contributed by atoms with Gasteiger partial charge in [0.1, 0.15) is 5.01 Å². The van der Waals surface area contributed by atoms with E-state index in [1.165, 1.54) is 22.5 Å². The van der Waals surface area contributed by atoms with Crippen molar-refractivity contribution in [3.05, 3.63) is 40.4 Å². The fourth-order valence-corrected chi connectivity index (χ4v) is 3.54. The molecule has 1 fully saturated rings. The molecule has 8 heteroatoms. The number of nitrogens with one attached hydrogen (secondary N) is 1. The van der Waals surface area contributed by atoms with Crippen LogP contribution in [0, 0.1) is 12.3 Å². The standard InChI is InChI=1S/C17H22N4O2S.ClH/c1-12-2-4-13(5-3-12)10-14-20-21-16(24-14)19-15(22)17(11-18)6-8-23-9-7-17;/h2-5H,6-11,18H2,1H3,(H,19,21,22);1H. The van der Waals surface area contributed by atoms with Gasteiger partial charge in [-0.2, -0.15) is 0 Å². The summed E-state index contributed by atoms with van der Waals surface area (Å²) in [4.78, 5) is 12.6. The first-order valence-electron chi connectivity index (χ1n) is 8.08. The summed E-state index contributed by atoms with van der Waals surface area (Å²) in [5.41, 5.74) is 7.72. The van der Waals surface area contributed by atoms with Crippen LogP contribution in [0.3, 0.4) is 0 Å². The van der Waals surface area contributed by atoms with Gasteiger partial charge in [-0.3, -0.25) is 10.1 Å². The molecule has 2 aromatic rings. The third kappa shape index (κ3) is 4.76. The molecule has 0 radical (unpaired) electrons. The van der Waals surface area contributed by atoms with E-state index in [4.69, 9.17) is 10.5 Å². The van der Waals surface area contributed by atoms with E-state index in [-0.39, 0.29) is 18.3 Å². The van der Waals surface area contributed by atoms with Gasteiger partial charge in [0.2, 0.25) is 11.0 Å². The minimum atomic E-state index is -0.555. The summed E-state index contributed by atoms with van der Waals surface area (Å²) in [6.45, 7) is 3.52. The Kier molecular flexibility index (Phi) is 6.89. The summed E-state index contributed by atoms with van der Waals surface area (Å²) in [5.74, 6) is -0.0775. The number of rotatable bonds is 5. The first-order valence-corrected chi connectivity index (χ1v) is 8.90. The zero-order valence-electron chi connectivity index (χ0n) is 14.2. The lowest BCUT2D eigenvalue weighted by molar-refractivity contribution is -0.130. The van der Waals surface area contributed by atoms with E-state index in [9.17, 15) is 4.79 Å². The van der Waals surface area contributed by atoms with Crippen molar-refractivity contribution in [1.82, 2.24) is 10.2 Å². The molecular weight excluding hydrogens is 360 g/mol. The maximum Gasteiger partial charge on any atom is 0.233 e. The maximum absolute atomic E-state index is 12.6. The molecule has 0 atom stereocenters. The van der Waals surface area contributed by atoms with Crippen molar-refractivity contribution in [2.75, 3.05) is 25.1 Å². The van der Waals surface area contributed by atoms with E-state index in [0.717, 1.165) is 5.01 Å². The largest absolute Gasteiger partial charge is 0.381 e. The monoisotopic (exact) mass is 382 g/mol. The number of benzene rings is 1. The van der Waals surface area contributed by atoms with Crippen molar-refractivity contribution in [2.24, 2.45) is 11.1 Å². The van der Waals surface area contributed by atoms with Crippen molar-refractivity contribution in [2.45, 2.75) is 26.2 Å². The quantitative estimate of drug-likeness (QED) is 0.829. The average molecular weight is 383 g/mol. The van der Waals surface area contributed by atoms with E-state index in [1.54, 1.807) is 0 Å². The molecule has 1 amide bonds. The van der Waals surface area contributed by atoms with Gasteiger partial charge in [-0.05, 0) is 25.3 Å². The fraction of sp³-hybridized carbons (Fsp3) is 0.471. The Bertz CT molecular complexity index is 699. The highest BCUT2D eigenvalue weighted by Crippen LogP contribution is 2.31. The molecule has 6 nitrogen and oxygen atoms in total. The summed E-state index contributed by atoms with van der Waals surface area (Å²) < 4.78 is 5.34. The Hall–Kier alpha value is -1.54. The predicted octanol–water partition coefficient (Wildman–Crippen LogP) is 2.55. The Labute approximate surface area is 157 Å². The molecular formula is C17H23ClN4O2S. The Morgan fingerprint density at radius 1 is 1.28 bits per heavy atom. The number of amides is 1. The van der Waals surface area contributed by atoms with Gasteiger partial charge in [0.25, 0.3) is 0 Å². The number of hydrogen-bond acceptors (Lipinski definition) is 6. The van der Waals surface area contributed by atoms with E-state index in [0.29, 0.717) is 44.2 Å². The number of nitrogens with zero attached hydrogens (tertiary/aromatic N) is 2. The lowest BCUT2D eigenvalue weighted by Gasteiger charge is -2.34. The van der Waals surface area contributed by atoms with Crippen molar-refractivity contribution < 1.29 is 9.53 Å². The zero-order valence-corrected chi connectivity index (χ0v) is 15.8. The summed E-state index contributed by atoms with van der Waals surface area (Å²) in [6.07, 6.45) is 2.00. The van der Waals surface area contributed by atoms with Gasteiger partial charge >= 0.3 is 0 Å².